The van der Waals surface area contributed by atoms with Gasteiger partial charge in [0, 0.05) is 38.7 Å². The fourth-order valence-corrected chi connectivity index (χ4v) is 2.84. The third-order valence-corrected chi connectivity index (χ3v) is 4.29. The summed E-state index contributed by atoms with van der Waals surface area (Å²) in [6.45, 7) is 4.58. The summed E-state index contributed by atoms with van der Waals surface area (Å²) in [6.07, 6.45) is 1.93. The second-order valence-electron chi connectivity index (χ2n) is 5.61. The van der Waals surface area contributed by atoms with E-state index in [-0.39, 0.29) is 10.9 Å². The molecule has 132 valence electrons. The highest BCUT2D eigenvalue weighted by Gasteiger charge is 2.21. The molecule has 2 heterocycles. The number of hydrogen-bond acceptors (Lipinski definition) is 5. The molecule has 0 spiro atoms. The summed E-state index contributed by atoms with van der Waals surface area (Å²) in [4.78, 5) is 24.0. The van der Waals surface area contributed by atoms with Crippen LogP contribution >= 0.6 is 11.6 Å². The number of ether oxygens (including phenoxy) is 1. The van der Waals surface area contributed by atoms with Crippen molar-refractivity contribution >= 4 is 23.3 Å². The number of hydrogen-bond donors (Lipinski definition) is 0. The lowest BCUT2D eigenvalue weighted by molar-refractivity contribution is -0.131. The van der Waals surface area contributed by atoms with Gasteiger partial charge in [-0.3, -0.25) is 4.79 Å². The maximum atomic E-state index is 13.1. The van der Waals surface area contributed by atoms with Crippen molar-refractivity contribution in [1.82, 2.24) is 14.9 Å². The molecular formula is C17H18ClFN4O2. The van der Waals surface area contributed by atoms with Gasteiger partial charge in [0.2, 0.25) is 11.8 Å². The summed E-state index contributed by atoms with van der Waals surface area (Å²) in [5.41, 5.74) is 0. The van der Waals surface area contributed by atoms with Crippen LogP contribution in [0.3, 0.4) is 0 Å². The zero-order valence-electron chi connectivity index (χ0n) is 13.8. The van der Waals surface area contributed by atoms with Crippen molar-refractivity contribution in [3.05, 3.63) is 41.4 Å². The molecule has 6 nitrogen and oxygen atoms in total. The Kier molecular flexibility index (Phi) is 5.33. The molecule has 1 aromatic heterocycles. The van der Waals surface area contributed by atoms with E-state index in [0.717, 1.165) is 0 Å². The second-order valence-corrected chi connectivity index (χ2v) is 6.02. The highest BCUT2D eigenvalue weighted by atomic mass is 35.5. The number of amides is 1. The van der Waals surface area contributed by atoms with Gasteiger partial charge in [0.25, 0.3) is 0 Å². The third kappa shape index (κ3) is 4.17. The number of carbonyl (C=O) groups is 1. The molecule has 1 aromatic carbocycles. The standard InChI is InChI=1S/C17H18ClFN4O2/c1-2-17(24)23-7-5-22(6-8-23)15-10-16(21-11-20-15)25-14-4-3-12(19)9-13(14)18/h3-4,9-11H,2,5-8H2,1H3. The molecule has 0 unspecified atom stereocenters. The molecule has 2 aromatic rings. The van der Waals surface area contributed by atoms with Crippen molar-refractivity contribution in [3.63, 3.8) is 0 Å². The molecule has 8 heteroatoms. The van der Waals surface area contributed by atoms with Gasteiger partial charge < -0.3 is 14.5 Å². The zero-order valence-corrected chi connectivity index (χ0v) is 14.5. The van der Waals surface area contributed by atoms with E-state index < -0.39 is 5.82 Å². The van der Waals surface area contributed by atoms with Gasteiger partial charge in [-0.2, -0.15) is 0 Å². The molecule has 1 aliphatic heterocycles. The predicted molar refractivity (Wildman–Crippen MR) is 92.6 cm³/mol. The van der Waals surface area contributed by atoms with E-state index in [4.69, 9.17) is 16.3 Å². The lowest BCUT2D eigenvalue weighted by Gasteiger charge is -2.35. The van der Waals surface area contributed by atoms with Gasteiger partial charge in [-0.25, -0.2) is 14.4 Å². The third-order valence-electron chi connectivity index (χ3n) is 3.99. The first-order valence-corrected chi connectivity index (χ1v) is 8.42. The van der Waals surface area contributed by atoms with Crippen LogP contribution in [0, 0.1) is 5.82 Å². The van der Waals surface area contributed by atoms with Gasteiger partial charge in [-0.05, 0) is 18.2 Å². The molecule has 25 heavy (non-hydrogen) atoms. The Morgan fingerprint density at radius 2 is 2.00 bits per heavy atom. The molecule has 0 aliphatic carbocycles. The fourth-order valence-electron chi connectivity index (χ4n) is 2.64. The van der Waals surface area contributed by atoms with E-state index in [9.17, 15) is 9.18 Å². The lowest BCUT2D eigenvalue weighted by Crippen LogP contribution is -2.48. The van der Waals surface area contributed by atoms with Crippen LogP contribution in [0.15, 0.2) is 30.6 Å². The van der Waals surface area contributed by atoms with Crippen LogP contribution in [0.4, 0.5) is 10.2 Å². The average molecular weight is 365 g/mol. The lowest BCUT2D eigenvalue weighted by atomic mass is 10.3. The van der Waals surface area contributed by atoms with Crippen molar-refractivity contribution in [2.75, 3.05) is 31.1 Å². The van der Waals surface area contributed by atoms with E-state index in [1.165, 1.54) is 24.5 Å². The number of benzene rings is 1. The Bertz CT molecular complexity index is 766. The van der Waals surface area contributed by atoms with E-state index in [1.54, 1.807) is 6.07 Å². The first kappa shape index (κ1) is 17.4. The Hall–Kier alpha value is -2.41. The SMILES string of the molecule is CCC(=O)N1CCN(c2cc(Oc3ccc(F)cc3Cl)ncn2)CC1. The summed E-state index contributed by atoms with van der Waals surface area (Å²) in [5.74, 6) is 1.10. The van der Waals surface area contributed by atoms with Crippen molar-refractivity contribution in [3.8, 4) is 11.6 Å². The maximum Gasteiger partial charge on any atom is 0.224 e. The highest BCUT2D eigenvalue weighted by Crippen LogP contribution is 2.30. The molecule has 3 rings (SSSR count). The minimum Gasteiger partial charge on any atom is -0.437 e. The summed E-state index contributed by atoms with van der Waals surface area (Å²) in [6, 6.07) is 5.61. The molecular weight excluding hydrogens is 347 g/mol. The van der Waals surface area contributed by atoms with Gasteiger partial charge in [0.15, 0.2) is 0 Å². The Labute approximate surface area is 150 Å². The smallest absolute Gasteiger partial charge is 0.224 e. The van der Waals surface area contributed by atoms with E-state index in [2.05, 4.69) is 14.9 Å². The molecule has 1 amide bonds. The summed E-state index contributed by atoms with van der Waals surface area (Å²) < 4.78 is 18.7. The van der Waals surface area contributed by atoms with Gasteiger partial charge in [-0.15, -0.1) is 0 Å². The Balaban J connectivity index is 1.69. The van der Waals surface area contributed by atoms with Crippen molar-refractivity contribution in [1.29, 1.82) is 0 Å². The van der Waals surface area contributed by atoms with Crippen LogP contribution in [0.25, 0.3) is 0 Å². The second kappa shape index (κ2) is 7.65. The van der Waals surface area contributed by atoms with Crippen LogP contribution in [-0.4, -0.2) is 47.0 Å². The first-order valence-electron chi connectivity index (χ1n) is 8.04. The maximum absolute atomic E-state index is 13.1. The number of halogens is 2. The van der Waals surface area contributed by atoms with Crippen LogP contribution in [0.1, 0.15) is 13.3 Å². The Morgan fingerprint density at radius 3 is 2.68 bits per heavy atom. The molecule has 1 fully saturated rings. The average Bonchev–Trinajstić information content (AvgIpc) is 2.64. The minimum absolute atomic E-state index is 0.164. The molecule has 0 atom stereocenters. The van der Waals surface area contributed by atoms with Gasteiger partial charge in [-0.1, -0.05) is 18.5 Å². The van der Waals surface area contributed by atoms with E-state index in [0.29, 0.717) is 50.0 Å². The van der Waals surface area contributed by atoms with Crippen molar-refractivity contribution < 1.29 is 13.9 Å². The fraction of sp³-hybridized carbons (Fsp3) is 0.353. The van der Waals surface area contributed by atoms with Crippen LogP contribution in [-0.2, 0) is 4.79 Å². The molecule has 0 N–H and O–H groups in total. The summed E-state index contributed by atoms with van der Waals surface area (Å²) in [5, 5.41) is 0.173. The monoisotopic (exact) mass is 364 g/mol. The zero-order chi connectivity index (χ0) is 17.8. The number of anilines is 1. The normalized spacial score (nSPS) is 14.5. The van der Waals surface area contributed by atoms with E-state index >= 15 is 0 Å². The highest BCUT2D eigenvalue weighted by molar-refractivity contribution is 6.32. The van der Waals surface area contributed by atoms with Crippen LogP contribution in [0.5, 0.6) is 11.6 Å². The molecule has 0 radical (unpaired) electrons. The van der Waals surface area contributed by atoms with Gasteiger partial charge >= 0.3 is 0 Å². The largest absolute Gasteiger partial charge is 0.437 e. The first-order chi connectivity index (χ1) is 12.1. The number of piperazine rings is 1. The van der Waals surface area contributed by atoms with Crippen LogP contribution in [0.2, 0.25) is 5.02 Å². The van der Waals surface area contributed by atoms with E-state index in [1.807, 2.05) is 11.8 Å². The minimum atomic E-state index is -0.430. The van der Waals surface area contributed by atoms with Gasteiger partial charge in [0.05, 0.1) is 5.02 Å². The molecule has 0 saturated carbocycles. The number of carbonyl (C=O) groups excluding carboxylic acids is 1. The number of aromatic nitrogens is 2. The molecule has 0 bridgehead atoms. The molecule has 1 aliphatic rings. The summed E-state index contributed by atoms with van der Waals surface area (Å²) in [7, 11) is 0. The Morgan fingerprint density at radius 1 is 1.24 bits per heavy atom. The molecule has 1 saturated heterocycles. The van der Waals surface area contributed by atoms with Crippen molar-refractivity contribution in [2.45, 2.75) is 13.3 Å². The van der Waals surface area contributed by atoms with Crippen molar-refractivity contribution in [2.24, 2.45) is 0 Å². The number of rotatable bonds is 4. The predicted octanol–water partition coefficient (Wildman–Crippen LogP) is 3.12. The quantitative estimate of drug-likeness (QED) is 0.834. The topological polar surface area (TPSA) is 58.6 Å². The summed E-state index contributed by atoms with van der Waals surface area (Å²) >= 11 is 5.97. The van der Waals surface area contributed by atoms with Crippen LogP contribution < -0.4 is 9.64 Å². The van der Waals surface area contributed by atoms with Gasteiger partial charge in [0.1, 0.15) is 23.7 Å². The number of nitrogens with zero attached hydrogens (tertiary/aromatic N) is 4.